The highest BCUT2D eigenvalue weighted by molar-refractivity contribution is 9.10. The zero-order valence-corrected chi connectivity index (χ0v) is 12.6. The highest BCUT2D eigenvalue weighted by atomic mass is 79.9. The lowest BCUT2D eigenvalue weighted by Gasteiger charge is -2.19. The first kappa shape index (κ1) is 14.1. The molecular formula is C15H17BrN2O. The molecule has 2 aromatic rings. The largest absolute Gasteiger partial charge is 0.497 e. The molecule has 4 heteroatoms. The van der Waals surface area contributed by atoms with E-state index in [4.69, 9.17) is 10.6 Å². The standard InChI is InChI=1S/C15H17BrN2O/c1-10-8-12(16)6-7-14(10)15(18-17)11-4-3-5-13(9-11)19-2/h3-9,15,18H,17H2,1-2H3. The monoisotopic (exact) mass is 320 g/mol. The number of rotatable bonds is 4. The molecule has 0 aliphatic rings. The zero-order chi connectivity index (χ0) is 13.8. The highest BCUT2D eigenvalue weighted by Gasteiger charge is 2.15. The van der Waals surface area contributed by atoms with Crippen LogP contribution in [0.4, 0.5) is 0 Å². The number of nitrogens with one attached hydrogen (secondary N) is 1. The van der Waals surface area contributed by atoms with E-state index in [0.717, 1.165) is 21.3 Å². The van der Waals surface area contributed by atoms with Crippen LogP contribution in [0, 0.1) is 6.92 Å². The number of benzene rings is 2. The molecule has 0 fully saturated rings. The van der Waals surface area contributed by atoms with Crippen molar-refractivity contribution in [2.45, 2.75) is 13.0 Å². The van der Waals surface area contributed by atoms with Crippen molar-refractivity contribution in [3.8, 4) is 5.75 Å². The van der Waals surface area contributed by atoms with E-state index in [1.54, 1.807) is 7.11 Å². The predicted molar refractivity (Wildman–Crippen MR) is 81.0 cm³/mol. The van der Waals surface area contributed by atoms with Crippen molar-refractivity contribution in [2.75, 3.05) is 7.11 Å². The van der Waals surface area contributed by atoms with Gasteiger partial charge in [0.15, 0.2) is 0 Å². The number of hydrogen-bond donors (Lipinski definition) is 2. The number of hydrogen-bond acceptors (Lipinski definition) is 3. The quantitative estimate of drug-likeness (QED) is 0.671. The van der Waals surface area contributed by atoms with Crippen LogP contribution in [-0.4, -0.2) is 7.11 Å². The van der Waals surface area contributed by atoms with Crippen LogP contribution in [0.2, 0.25) is 0 Å². The number of aryl methyl sites for hydroxylation is 1. The number of nitrogens with two attached hydrogens (primary N) is 1. The summed E-state index contributed by atoms with van der Waals surface area (Å²) in [5.74, 6) is 6.56. The summed E-state index contributed by atoms with van der Waals surface area (Å²) in [5, 5.41) is 0. The van der Waals surface area contributed by atoms with Crippen molar-refractivity contribution in [1.82, 2.24) is 5.43 Å². The van der Waals surface area contributed by atoms with Gasteiger partial charge in [0, 0.05) is 4.47 Å². The summed E-state index contributed by atoms with van der Waals surface area (Å²) in [6, 6.07) is 14.0. The van der Waals surface area contributed by atoms with Crippen molar-refractivity contribution in [3.63, 3.8) is 0 Å². The van der Waals surface area contributed by atoms with E-state index in [1.807, 2.05) is 30.3 Å². The molecule has 0 radical (unpaired) electrons. The van der Waals surface area contributed by atoms with Gasteiger partial charge < -0.3 is 4.74 Å². The maximum Gasteiger partial charge on any atom is 0.119 e. The first-order valence-electron chi connectivity index (χ1n) is 6.02. The van der Waals surface area contributed by atoms with Crippen LogP contribution in [-0.2, 0) is 0 Å². The number of ether oxygens (including phenoxy) is 1. The van der Waals surface area contributed by atoms with Gasteiger partial charge in [-0.15, -0.1) is 0 Å². The number of methoxy groups -OCH3 is 1. The third-order valence-electron chi connectivity index (χ3n) is 3.14. The molecule has 2 rings (SSSR count). The van der Waals surface area contributed by atoms with Gasteiger partial charge in [-0.25, -0.2) is 5.43 Å². The molecule has 0 amide bonds. The third-order valence-corrected chi connectivity index (χ3v) is 3.63. The Kier molecular flexibility index (Phi) is 4.58. The minimum Gasteiger partial charge on any atom is -0.497 e. The maximum absolute atomic E-state index is 5.73. The third kappa shape index (κ3) is 3.15. The summed E-state index contributed by atoms with van der Waals surface area (Å²) in [7, 11) is 1.66. The molecule has 0 saturated carbocycles. The summed E-state index contributed by atoms with van der Waals surface area (Å²) in [6.45, 7) is 2.07. The van der Waals surface area contributed by atoms with Crippen molar-refractivity contribution < 1.29 is 4.74 Å². The van der Waals surface area contributed by atoms with Gasteiger partial charge in [-0.05, 0) is 47.9 Å². The Bertz CT molecular complexity index is 572. The molecule has 0 saturated heterocycles. The Balaban J connectivity index is 2.43. The van der Waals surface area contributed by atoms with Crippen LogP contribution >= 0.6 is 15.9 Å². The molecule has 0 heterocycles. The molecule has 0 aliphatic heterocycles. The van der Waals surface area contributed by atoms with E-state index in [0.29, 0.717) is 0 Å². The SMILES string of the molecule is COc1cccc(C(NN)c2ccc(Br)cc2C)c1. The Labute approximate surface area is 121 Å². The summed E-state index contributed by atoms with van der Waals surface area (Å²) in [4.78, 5) is 0. The van der Waals surface area contributed by atoms with Gasteiger partial charge in [-0.2, -0.15) is 0 Å². The molecule has 100 valence electrons. The van der Waals surface area contributed by atoms with Gasteiger partial charge in [-0.3, -0.25) is 5.84 Å². The fourth-order valence-electron chi connectivity index (χ4n) is 2.15. The maximum atomic E-state index is 5.73. The molecule has 1 unspecified atom stereocenters. The molecule has 0 bridgehead atoms. The van der Waals surface area contributed by atoms with Crippen molar-refractivity contribution >= 4 is 15.9 Å². The van der Waals surface area contributed by atoms with Gasteiger partial charge in [0.2, 0.25) is 0 Å². The molecule has 19 heavy (non-hydrogen) atoms. The Morgan fingerprint density at radius 2 is 2.00 bits per heavy atom. The van der Waals surface area contributed by atoms with Gasteiger partial charge in [0.1, 0.15) is 5.75 Å². The number of halogens is 1. The topological polar surface area (TPSA) is 47.3 Å². The summed E-state index contributed by atoms with van der Waals surface area (Å²) in [5.41, 5.74) is 6.28. The molecular weight excluding hydrogens is 304 g/mol. The lowest BCUT2D eigenvalue weighted by Crippen LogP contribution is -2.29. The van der Waals surface area contributed by atoms with Crippen LogP contribution in [0.3, 0.4) is 0 Å². The second-order valence-corrected chi connectivity index (χ2v) is 5.29. The van der Waals surface area contributed by atoms with Crippen LogP contribution in [0.25, 0.3) is 0 Å². The van der Waals surface area contributed by atoms with Crippen molar-refractivity contribution in [1.29, 1.82) is 0 Å². The summed E-state index contributed by atoms with van der Waals surface area (Å²) >= 11 is 3.47. The normalized spacial score (nSPS) is 12.2. The van der Waals surface area contributed by atoms with E-state index >= 15 is 0 Å². The predicted octanol–water partition coefficient (Wildman–Crippen LogP) is 3.32. The fraction of sp³-hybridized carbons (Fsp3) is 0.200. The lowest BCUT2D eigenvalue weighted by molar-refractivity contribution is 0.413. The van der Waals surface area contributed by atoms with E-state index < -0.39 is 0 Å². The molecule has 1 atom stereocenters. The minimum atomic E-state index is -0.0526. The second-order valence-electron chi connectivity index (χ2n) is 4.38. The van der Waals surface area contributed by atoms with Gasteiger partial charge in [-0.1, -0.05) is 34.1 Å². The van der Waals surface area contributed by atoms with Crippen LogP contribution in [0.5, 0.6) is 5.75 Å². The van der Waals surface area contributed by atoms with Crippen LogP contribution in [0.15, 0.2) is 46.9 Å². The molecule has 0 aliphatic carbocycles. The highest BCUT2D eigenvalue weighted by Crippen LogP contribution is 2.28. The van der Waals surface area contributed by atoms with Crippen molar-refractivity contribution in [2.24, 2.45) is 5.84 Å². The van der Waals surface area contributed by atoms with Gasteiger partial charge >= 0.3 is 0 Å². The molecule has 3 nitrogen and oxygen atoms in total. The van der Waals surface area contributed by atoms with E-state index in [2.05, 4.69) is 40.4 Å². The Morgan fingerprint density at radius 3 is 2.63 bits per heavy atom. The molecule has 3 N–H and O–H groups in total. The average molecular weight is 321 g/mol. The van der Waals surface area contributed by atoms with Crippen LogP contribution < -0.4 is 16.0 Å². The van der Waals surface area contributed by atoms with Crippen LogP contribution in [0.1, 0.15) is 22.7 Å². The van der Waals surface area contributed by atoms with E-state index in [1.165, 1.54) is 5.56 Å². The molecule has 0 aromatic heterocycles. The van der Waals surface area contributed by atoms with Gasteiger partial charge in [0.05, 0.1) is 13.2 Å². The number of hydrazine groups is 1. The minimum absolute atomic E-state index is 0.0526. The fourth-order valence-corrected chi connectivity index (χ4v) is 2.63. The lowest BCUT2D eigenvalue weighted by atomic mass is 9.95. The zero-order valence-electron chi connectivity index (χ0n) is 11.0. The van der Waals surface area contributed by atoms with Crippen molar-refractivity contribution in [3.05, 3.63) is 63.6 Å². The smallest absolute Gasteiger partial charge is 0.119 e. The Morgan fingerprint density at radius 1 is 1.21 bits per heavy atom. The molecule has 0 spiro atoms. The second kappa shape index (κ2) is 6.19. The average Bonchev–Trinajstić information content (AvgIpc) is 2.42. The summed E-state index contributed by atoms with van der Waals surface area (Å²) < 4.78 is 6.32. The Hall–Kier alpha value is -1.36. The summed E-state index contributed by atoms with van der Waals surface area (Å²) in [6.07, 6.45) is 0. The van der Waals surface area contributed by atoms with E-state index in [-0.39, 0.29) is 6.04 Å². The van der Waals surface area contributed by atoms with Gasteiger partial charge in [0.25, 0.3) is 0 Å². The first-order chi connectivity index (χ1) is 9.15. The van der Waals surface area contributed by atoms with E-state index in [9.17, 15) is 0 Å². The molecule has 2 aromatic carbocycles. The first-order valence-corrected chi connectivity index (χ1v) is 6.81.